The van der Waals surface area contributed by atoms with E-state index in [4.69, 9.17) is 15.2 Å². The molecule has 2 rings (SSSR count). The van der Waals surface area contributed by atoms with Crippen LogP contribution in [0.5, 0.6) is 11.5 Å². The molecule has 0 saturated heterocycles. The summed E-state index contributed by atoms with van der Waals surface area (Å²) < 4.78 is 10.7. The van der Waals surface area contributed by atoms with Crippen molar-refractivity contribution in [3.8, 4) is 11.5 Å². The number of rotatable bonds is 5. The SMILES string of the molecule is Cc1cc2c(cc1CNCC(C)CN)OCO2. The molecule has 0 aromatic heterocycles. The van der Waals surface area contributed by atoms with Crippen LogP contribution < -0.4 is 20.5 Å². The van der Waals surface area contributed by atoms with Crippen LogP contribution >= 0.6 is 0 Å². The van der Waals surface area contributed by atoms with Crippen LogP contribution in [0.3, 0.4) is 0 Å². The molecule has 1 aromatic carbocycles. The van der Waals surface area contributed by atoms with Gasteiger partial charge in [-0.2, -0.15) is 0 Å². The average Bonchev–Trinajstić information content (AvgIpc) is 2.76. The highest BCUT2D eigenvalue weighted by molar-refractivity contribution is 5.48. The maximum Gasteiger partial charge on any atom is 0.231 e. The fraction of sp³-hybridized carbons (Fsp3) is 0.538. The fourth-order valence-corrected chi connectivity index (χ4v) is 1.81. The Morgan fingerprint density at radius 3 is 2.76 bits per heavy atom. The molecule has 4 heteroatoms. The van der Waals surface area contributed by atoms with E-state index in [1.165, 1.54) is 11.1 Å². The molecular formula is C13H20N2O2. The lowest BCUT2D eigenvalue weighted by atomic mass is 10.1. The summed E-state index contributed by atoms with van der Waals surface area (Å²) in [5.74, 6) is 2.20. The summed E-state index contributed by atoms with van der Waals surface area (Å²) in [6.07, 6.45) is 0. The highest BCUT2D eigenvalue weighted by Crippen LogP contribution is 2.34. The number of fused-ring (bicyclic) bond motifs is 1. The third-order valence-corrected chi connectivity index (χ3v) is 3.04. The molecule has 1 heterocycles. The number of ether oxygens (including phenoxy) is 2. The molecule has 1 aliphatic rings. The third-order valence-electron chi connectivity index (χ3n) is 3.04. The summed E-state index contributed by atoms with van der Waals surface area (Å²) in [4.78, 5) is 0. The Morgan fingerprint density at radius 1 is 1.35 bits per heavy atom. The fourth-order valence-electron chi connectivity index (χ4n) is 1.81. The number of hydrogen-bond acceptors (Lipinski definition) is 4. The van der Waals surface area contributed by atoms with Gasteiger partial charge < -0.3 is 20.5 Å². The molecule has 0 radical (unpaired) electrons. The standard InChI is InChI=1S/C13H20N2O2/c1-9(5-14)6-15-7-11-4-13-12(3-10(11)2)16-8-17-13/h3-4,9,15H,5-8,14H2,1-2H3. The van der Waals surface area contributed by atoms with Crippen molar-refractivity contribution in [2.24, 2.45) is 11.7 Å². The highest BCUT2D eigenvalue weighted by atomic mass is 16.7. The minimum atomic E-state index is 0.329. The van der Waals surface area contributed by atoms with Crippen LogP contribution in [-0.4, -0.2) is 19.9 Å². The Balaban J connectivity index is 1.97. The first-order chi connectivity index (χ1) is 8.20. The molecule has 1 aliphatic heterocycles. The van der Waals surface area contributed by atoms with E-state index >= 15 is 0 Å². The van der Waals surface area contributed by atoms with Crippen molar-refractivity contribution in [2.45, 2.75) is 20.4 Å². The molecule has 0 aliphatic carbocycles. The second-order valence-electron chi connectivity index (χ2n) is 4.60. The van der Waals surface area contributed by atoms with Crippen molar-refractivity contribution >= 4 is 0 Å². The van der Waals surface area contributed by atoms with Gasteiger partial charge in [-0.05, 0) is 49.2 Å². The van der Waals surface area contributed by atoms with Gasteiger partial charge in [0.2, 0.25) is 6.79 Å². The van der Waals surface area contributed by atoms with Gasteiger partial charge >= 0.3 is 0 Å². The smallest absolute Gasteiger partial charge is 0.231 e. The summed E-state index contributed by atoms with van der Waals surface area (Å²) in [6, 6.07) is 4.09. The number of aryl methyl sites for hydroxylation is 1. The van der Waals surface area contributed by atoms with E-state index in [0.717, 1.165) is 24.6 Å². The van der Waals surface area contributed by atoms with E-state index in [1.54, 1.807) is 0 Å². The van der Waals surface area contributed by atoms with Gasteiger partial charge in [0.05, 0.1) is 0 Å². The van der Waals surface area contributed by atoms with Crippen LogP contribution in [-0.2, 0) is 6.54 Å². The van der Waals surface area contributed by atoms with Crippen molar-refractivity contribution in [3.63, 3.8) is 0 Å². The summed E-state index contributed by atoms with van der Waals surface area (Å²) >= 11 is 0. The Kier molecular flexibility index (Phi) is 3.86. The molecule has 17 heavy (non-hydrogen) atoms. The van der Waals surface area contributed by atoms with Crippen molar-refractivity contribution in [1.82, 2.24) is 5.32 Å². The summed E-state index contributed by atoms with van der Waals surface area (Å²) in [6.45, 7) is 7.05. The van der Waals surface area contributed by atoms with Gasteiger partial charge in [0.1, 0.15) is 0 Å². The molecular weight excluding hydrogens is 216 g/mol. The molecule has 4 nitrogen and oxygen atoms in total. The molecule has 0 bridgehead atoms. The summed E-state index contributed by atoms with van der Waals surface area (Å²) in [5, 5.41) is 3.41. The van der Waals surface area contributed by atoms with Gasteiger partial charge in [-0.1, -0.05) is 6.92 Å². The zero-order valence-corrected chi connectivity index (χ0v) is 10.5. The van der Waals surface area contributed by atoms with Crippen LogP contribution in [0.2, 0.25) is 0 Å². The zero-order chi connectivity index (χ0) is 12.3. The van der Waals surface area contributed by atoms with Crippen LogP contribution in [0.1, 0.15) is 18.1 Å². The van der Waals surface area contributed by atoms with Crippen LogP contribution in [0.25, 0.3) is 0 Å². The molecule has 0 spiro atoms. The van der Waals surface area contributed by atoms with Gasteiger partial charge in [0.25, 0.3) is 0 Å². The molecule has 94 valence electrons. The minimum Gasteiger partial charge on any atom is -0.454 e. The normalized spacial score (nSPS) is 15.0. The van der Waals surface area contributed by atoms with Crippen LogP contribution in [0.4, 0.5) is 0 Å². The first-order valence-corrected chi connectivity index (χ1v) is 6.00. The van der Waals surface area contributed by atoms with Gasteiger partial charge in [-0.25, -0.2) is 0 Å². The highest BCUT2D eigenvalue weighted by Gasteiger charge is 2.15. The summed E-state index contributed by atoms with van der Waals surface area (Å²) in [5.41, 5.74) is 8.05. The Bertz CT molecular complexity index is 393. The second-order valence-corrected chi connectivity index (χ2v) is 4.60. The van der Waals surface area contributed by atoms with E-state index in [0.29, 0.717) is 19.3 Å². The number of hydrogen-bond donors (Lipinski definition) is 2. The summed E-state index contributed by atoms with van der Waals surface area (Å²) in [7, 11) is 0. The molecule has 0 saturated carbocycles. The van der Waals surface area contributed by atoms with Crippen molar-refractivity contribution in [3.05, 3.63) is 23.3 Å². The van der Waals surface area contributed by atoms with Crippen molar-refractivity contribution < 1.29 is 9.47 Å². The lowest BCUT2D eigenvalue weighted by Crippen LogP contribution is -2.26. The topological polar surface area (TPSA) is 56.5 Å². The maximum atomic E-state index is 5.58. The molecule has 1 atom stereocenters. The Hall–Kier alpha value is -1.26. The average molecular weight is 236 g/mol. The first kappa shape index (κ1) is 12.2. The molecule has 0 fully saturated rings. The van der Waals surface area contributed by atoms with Gasteiger partial charge in [-0.15, -0.1) is 0 Å². The molecule has 1 unspecified atom stereocenters. The van der Waals surface area contributed by atoms with Gasteiger partial charge in [0, 0.05) is 6.54 Å². The largest absolute Gasteiger partial charge is 0.454 e. The monoisotopic (exact) mass is 236 g/mol. The molecule has 0 amide bonds. The minimum absolute atomic E-state index is 0.329. The zero-order valence-electron chi connectivity index (χ0n) is 10.5. The lowest BCUT2D eigenvalue weighted by molar-refractivity contribution is 0.174. The van der Waals surface area contributed by atoms with Crippen molar-refractivity contribution in [2.75, 3.05) is 19.9 Å². The Morgan fingerprint density at radius 2 is 2.06 bits per heavy atom. The predicted octanol–water partition coefficient (Wildman–Crippen LogP) is 1.41. The number of nitrogens with one attached hydrogen (secondary N) is 1. The van der Waals surface area contributed by atoms with Gasteiger partial charge in [-0.3, -0.25) is 0 Å². The Labute approximate surface area is 102 Å². The van der Waals surface area contributed by atoms with E-state index in [9.17, 15) is 0 Å². The first-order valence-electron chi connectivity index (χ1n) is 6.00. The van der Waals surface area contributed by atoms with Crippen molar-refractivity contribution in [1.29, 1.82) is 0 Å². The molecule has 1 aromatic rings. The van der Waals surface area contributed by atoms with Crippen LogP contribution in [0.15, 0.2) is 12.1 Å². The number of benzene rings is 1. The number of nitrogens with two attached hydrogens (primary N) is 1. The van der Waals surface area contributed by atoms with E-state index < -0.39 is 0 Å². The van der Waals surface area contributed by atoms with Crippen LogP contribution in [0, 0.1) is 12.8 Å². The maximum absolute atomic E-state index is 5.58. The third kappa shape index (κ3) is 2.90. The second kappa shape index (κ2) is 5.38. The van der Waals surface area contributed by atoms with Gasteiger partial charge in [0.15, 0.2) is 11.5 Å². The lowest BCUT2D eigenvalue weighted by Gasteiger charge is -2.12. The van der Waals surface area contributed by atoms with E-state index in [2.05, 4.69) is 25.2 Å². The predicted molar refractivity (Wildman–Crippen MR) is 67.2 cm³/mol. The van der Waals surface area contributed by atoms with E-state index in [-0.39, 0.29) is 0 Å². The van der Waals surface area contributed by atoms with E-state index in [1.807, 2.05) is 6.07 Å². The quantitative estimate of drug-likeness (QED) is 0.811. The molecule has 3 N–H and O–H groups in total.